The molecule has 0 radical (unpaired) electrons. The summed E-state index contributed by atoms with van der Waals surface area (Å²) in [5.74, 6) is 0.519. The number of hydrogen-bond acceptors (Lipinski definition) is 2. The van der Waals surface area contributed by atoms with Crippen molar-refractivity contribution in [3.63, 3.8) is 0 Å². The van der Waals surface area contributed by atoms with E-state index in [1.807, 2.05) is 44.2 Å². The summed E-state index contributed by atoms with van der Waals surface area (Å²) in [5.41, 5.74) is 2.60. The lowest BCUT2D eigenvalue weighted by Crippen LogP contribution is -2.30. The maximum atomic E-state index is 12.2. The molecule has 0 unspecified atom stereocenters. The maximum absolute atomic E-state index is 12.2. The molecule has 0 spiro atoms. The molecule has 0 aliphatic rings. The van der Waals surface area contributed by atoms with Gasteiger partial charge in [0.05, 0.1) is 10.7 Å². The minimum absolute atomic E-state index is 0.231. The standard InChI is InChI=1S/C17H18ClNO2/c1-11-7-6-8-12(2)16(11)21-13(3)17(20)19-15-10-5-4-9-14(15)18/h4-10,13H,1-3H3,(H,19,20)/t13-/m1/s1. The molecule has 2 rings (SSSR count). The predicted molar refractivity (Wildman–Crippen MR) is 86.1 cm³/mol. The molecule has 4 heteroatoms. The summed E-state index contributed by atoms with van der Waals surface area (Å²) in [5, 5.41) is 3.28. The third-order valence-corrected chi connectivity index (χ3v) is 3.53. The molecule has 0 aromatic heterocycles. The Morgan fingerprint density at radius 1 is 1.10 bits per heavy atom. The lowest BCUT2D eigenvalue weighted by Gasteiger charge is -2.18. The highest BCUT2D eigenvalue weighted by atomic mass is 35.5. The normalized spacial score (nSPS) is 11.8. The van der Waals surface area contributed by atoms with Gasteiger partial charge >= 0.3 is 0 Å². The van der Waals surface area contributed by atoms with Crippen LogP contribution in [0.2, 0.25) is 5.02 Å². The third-order valence-electron chi connectivity index (χ3n) is 3.20. The van der Waals surface area contributed by atoms with Gasteiger partial charge in [0.15, 0.2) is 6.10 Å². The molecule has 3 nitrogen and oxygen atoms in total. The van der Waals surface area contributed by atoms with Crippen molar-refractivity contribution in [3.8, 4) is 5.75 Å². The van der Waals surface area contributed by atoms with Crippen LogP contribution in [0, 0.1) is 13.8 Å². The third kappa shape index (κ3) is 3.76. The van der Waals surface area contributed by atoms with Crippen LogP contribution in [0.25, 0.3) is 0 Å². The molecule has 1 amide bonds. The van der Waals surface area contributed by atoms with Gasteiger partial charge in [0.1, 0.15) is 5.75 Å². The van der Waals surface area contributed by atoms with Gasteiger partial charge in [-0.1, -0.05) is 41.9 Å². The average Bonchev–Trinajstić information content (AvgIpc) is 2.45. The Morgan fingerprint density at radius 2 is 1.71 bits per heavy atom. The predicted octanol–water partition coefficient (Wildman–Crippen LogP) is 4.36. The highest BCUT2D eigenvalue weighted by molar-refractivity contribution is 6.33. The molecule has 110 valence electrons. The minimum atomic E-state index is -0.610. The molecule has 0 saturated heterocycles. The fourth-order valence-electron chi connectivity index (χ4n) is 2.01. The van der Waals surface area contributed by atoms with Gasteiger partial charge < -0.3 is 10.1 Å². The van der Waals surface area contributed by atoms with Gasteiger partial charge in [-0.3, -0.25) is 4.79 Å². The zero-order valence-electron chi connectivity index (χ0n) is 12.3. The summed E-state index contributed by atoms with van der Waals surface area (Å²) in [6.45, 7) is 5.64. The molecule has 2 aromatic carbocycles. The van der Waals surface area contributed by atoms with E-state index >= 15 is 0 Å². The fraction of sp³-hybridized carbons (Fsp3) is 0.235. The molecular formula is C17H18ClNO2. The topological polar surface area (TPSA) is 38.3 Å². The number of rotatable bonds is 4. The number of benzene rings is 2. The van der Waals surface area contributed by atoms with E-state index in [1.54, 1.807) is 19.1 Å². The van der Waals surface area contributed by atoms with Crippen molar-refractivity contribution in [3.05, 3.63) is 58.6 Å². The Morgan fingerprint density at radius 3 is 2.33 bits per heavy atom. The van der Waals surface area contributed by atoms with Crippen LogP contribution >= 0.6 is 11.6 Å². The summed E-state index contributed by atoms with van der Waals surface area (Å²) in [6.07, 6.45) is -0.610. The summed E-state index contributed by atoms with van der Waals surface area (Å²) in [4.78, 5) is 12.2. The first kappa shape index (κ1) is 15.4. The first-order chi connectivity index (χ1) is 9.99. The number of ether oxygens (including phenoxy) is 1. The van der Waals surface area contributed by atoms with Crippen LogP contribution in [0.15, 0.2) is 42.5 Å². The number of carbonyl (C=O) groups excluding carboxylic acids is 1. The molecule has 0 aliphatic carbocycles. The van der Waals surface area contributed by atoms with Gasteiger partial charge in [0, 0.05) is 0 Å². The minimum Gasteiger partial charge on any atom is -0.480 e. The van der Waals surface area contributed by atoms with E-state index < -0.39 is 6.10 Å². The van der Waals surface area contributed by atoms with Crippen molar-refractivity contribution in [1.29, 1.82) is 0 Å². The molecule has 0 saturated carbocycles. The summed E-state index contributed by atoms with van der Waals surface area (Å²) in [6, 6.07) is 13.0. The molecular weight excluding hydrogens is 286 g/mol. The SMILES string of the molecule is Cc1cccc(C)c1O[C@H](C)C(=O)Nc1ccccc1Cl. The van der Waals surface area contributed by atoms with E-state index in [0.717, 1.165) is 16.9 Å². The Kier molecular flexibility index (Phi) is 4.86. The number of aryl methyl sites for hydroxylation is 2. The number of halogens is 1. The second-order valence-electron chi connectivity index (χ2n) is 4.95. The molecule has 0 fully saturated rings. The molecule has 0 heterocycles. The smallest absolute Gasteiger partial charge is 0.265 e. The van der Waals surface area contributed by atoms with Crippen LogP contribution in [-0.4, -0.2) is 12.0 Å². The number of anilines is 1. The van der Waals surface area contributed by atoms with Crippen LogP contribution in [0.1, 0.15) is 18.1 Å². The fourth-order valence-corrected chi connectivity index (χ4v) is 2.20. The first-order valence-corrected chi connectivity index (χ1v) is 7.15. The lowest BCUT2D eigenvalue weighted by atomic mass is 10.1. The molecule has 21 heavy (non-hydrogen) atoms. The quantitative estimate of drug-likeness (QED) is 0.911. The van der Waals surface area contributed by atoms with E-state index in [1.165, 1.54) is 0 Å². The highest BCUT2D eigenvalue weighted by Gasteiger charge is 2.17. The maximum Gasteiger partial charge on any atom is 0.265 e. The van der Waals surface area contributed by atoms with Gasteiger partial charge in [0.25, 0.3) is 5.91 Å². The lowest BCUT2D eigenvalue weighted by molar-refractivity contribution is -0.122. The molecule has 2 aromatic rings. The van der Waals surface area contributed by atoms with Gasteiger partial charge in [0.2, 0.25) is 0 Å². The molecule has 0 aliphatic heterocycles. The highest BCUT2D eigenvalue weighted by Crippen LogP contribution is 2.25. The molecule has 1 atom stereocenters. The van der Waals surface area contributed by atoms with Crippen molar-refractivity contribution >= 4 is 23.2 Å². The Hall–Kier alpha value is -2.00. The van der Waals surface area contributed by atoms with Crippen molar-refractivity contribution in [1.82, 2.24) is 0 Å². The van der Waals surface area contributed by atoms with Gasteiger partial charge in [-0.15, -0.1) is 0 Å². The van der Waals surface area contributed by atoms with Crippen LogP contribution in [0.3, 0.4) is 0 Å². The van der Waals surface area contributed by atoms with Crippen LogP contribution < -0.4 is 10.1 Å². The Bertz CT molecular complexity index is 635. The molecule has 0 bridgehead atoms. The van der Waals surface area contributed by atoms with Crippen LogP contribution in [0.5, 0.6) is 5.75 Å². The zero-order chi connectivity index (χ0) is 15.4. The number of amides is 1. The average molecular weight is 304 g/mol. The van der Waals surface area contributed by atoms with Crippen LogP contribution in [-0.2, 0) is 4.79 Å². The number of hydrogen-bond donors (Lipinski definition) is 1. The second kappa shape index (κ2) is 6.64. The largest absolute Gasteiger partial charge is 0.480 e. The van der Waals surface area contributed by atoms with Crippen LogP contribution in [0.4, 0.5) is 5.69 Å². The number of carbonyl (C=O) groups is 1. The Balaban J connectivity index is 2.08. The summed E-state index contributed by atoms with van der Waals surface area (Å²) >= 11 is 6.03. The van der Waals surface area contributed by atoms with E-state index in [0.29, 0.717) is 10.7 Å². The van der Waals surface area contributed by atoms with Gasteiger partial charge in [-0.05, 0) is 44.0 Å². The summed E-state index contributed by atoms with van der Waals surface area (Å²) in [7, 11) is 0. The van der Waals surface area contributed by atoms with Gasteiger partial charge in [-0.2, -0.15) is 0 Å². The Labute approximate surface area is 129 Å². The van der Waals surface area contributed by atoms with Crippen molar-refractivity contribution in [2.75, 3.05) is 5.32 Å². The van der Waals surface area contributed by atoms with Crippen molar-refractivity contribution in [2.24, 2.45) is 0 Å². The first-order valence-electron chi connectivity index (χ1n) is 6.77. The van der Waals surface area contributed by atoms with Crippen molar-refractivity contribution < 1.29 is 9.53 Å². The second-order valence-corrected chi connectivity index (χ2v) is 5.36. The van der Waals surface area contributed by atoms with E-state index in [4.69, 9.17) is 16.3 Å². The van der Waals surface area contributed by atoms with E-state index in [2.05, 4.69) is 5.32 Å². The summed E-state index contributed by atoms with van der Waals surface area (Å²) < 4.78 is 5.79. The number of nitrogens with one attached hydrogen (secondary N) is 1. The number of para-hydroxylation sites is 2. The zero-order valence-corrected chi connectivity index (χ0v) is 13.1. The van der Waals surface area contributed by atoms with E-state index in [-0.39, 0.29) is 5.91 Å². The van der Waals surface area contributed by atoms with Gasteiger partial charge in [-0.25, -0.2) is 0 Å². The molecule has 1 N–H and O–H groups in total. The monoisotopic (exact) mass is 303 g/mol. The van der Waals surface area contributed by atoms with E-state index in [9.17, 15) is 4.79 Å². The van der Waals surface area contributed by atoms with Crippen molar-refractivity contribution in [2.45, 2.75) is 26.9 Å².